The van der Waals surface area contributed by atoms with Gasteiger partial charge in [0, 0.05) is 0 Å². The molecule has 0 aliphatic rings. The molecule has 4 aromatic rings. The maximum absolute atomic E-state index is 8.64. The molecular formula is C48H70ClO2Sn2. The number of hydrogen-bond acceptors (Lipinski definition) is 1. The van der Waals surface area contributed by atoms with E-state index in [-0.39, 0.29) is 5.48 Å². The Bertz CT molecular complexity index is 1590. The Balaban J connectivity index is 0.00000756. The van der Waals surface area contributed by atoms with Gasteiger partial charge in [-0.3, -0.25) is 0 Å². The maximum atomic E-state index is 8.64. The van der Waals surface area contributed by atoms with Crippen molar-refractivity contribution >= 4 is 61.1 Å². The molecule has 5 heteroatoms. The van der Waals surface area contributed by atoms with Crippen LogP contribution in [0.3, 0.4) is 0 Å². The summed E-state index contributed by atoms with van der Waals surface area (Å²) in [6, 6.07) is 29.4. The number of hydrogen-bond donors (Lipinski definition) is 0. The molecular weight excluding hydrogens is 881 g/mol. The van der Waals surface area contributed by atoms with Gasteiger partial charge in [-0.25, -0.2) is 0 Å². The first kappa shape index (κ1) is 46.1. The van der Waals surface area contributed by atoms with Crippen LogP contribution in [0.25, 0.3) is 0 Å². The van der Waals surface area contributed by atoms with Gasteiger partial charge in [0.25, 0.3) is 0 Å². The van der Waals surface area contributed by atoms with E-state index < -0.39 is 37.8 Å². The summed E-state index contributed by atoms with van der Waals surface area (Å²) in [6.07, 6.45) is 0. The van der Waals surface area contributed by atoms with Crippen LogP contribution in [0, 0.1) is 0 Å². The molecule has 1 radical (unpaired) electrons. The van der Waals surface area contributed by atoms with E-state index in [0.717, 1.165) is 0 Å². The van der Waals surface area contributed by atoms with Gasteiger partial charge in [-0.15, -0.1) is 0 Å². The predicted molar refractivity (Wildman–Crippen MR) is 239 cm³/mol. The smallest absolute Gasteiger partial charge is 0.412 e. The quantitative estimate of drug-likeness (QED) is 0.116. The van der Waals surface area contributed by atoms with E-state index in [1.165, 1.54) is 58.8 Å². The third kappa shape index (κ3) is 11.2. The van der Waals surface area contributed by atoms with Crippen molar-refractivity contribution in [2.45, 2.75) is 158 Å². The summed E-state index contributed by atoms with van der Waals surface area (Å²) < 4.78 is 13.6. The van der Waals surface area contributed by atoms with Gasteiger partial charge in [0.1, 0.15) is 0 Å². The summed E-state index contributed by atoms with van der Waals surface area (Å²) >= 11 is -7.72. The molecule has 2 N–H and O–H groups in total. The fourth-order valence-corrected chi connectivity index (χ4v) is 37.5. The third-order valence-corrected chi connectivity index (χ3v) is 38.4. The fourth-order valence-electron chi connectivity index (χ4n) is 6.72. The second-order valence-electron chi connectivity index (χ2n) is 17.8. The first-order chi connectivity index (χ1) is 24.2. The van der Waals surface area contributed by atoms with E-state index in [4.69, 9.17) is 10.3 Å². The van der Waals surface area contributed by atoms with Gasteiger partial charge in [0.05, 0.1) is 0 Å². The van der Waals surface area contributed by atoms with E-state index in [1.54, 1.807) is 0 Å². The van der Waals surface area contributed by atoms with Gasteiger partial charge in [0.2, 0.25) is 0 Å². The summed E-state index contributed by atoms with van der Waals surface area (Å²) in [4.78, 5) is 0. The summed E-state index contributed by atoms with van der Waals surface area (Å²) in [5, 5.41) is 0. The van der Waals surface area contributed by atoms with Crippen LogP contribution in [0.1, 0.15) is 203 Å². The Morgan fingerprint density at radius 3 is 0.736 bits per heavy atom. The minimum Gasteiger partial charge on any atom is -0.412 e. The van der Waals surface area contributed by atoms with Crippen molar-refractivity contribution in [2.75, 3.05) is 0 Å². The van der Waals surface area contributed by atoms with Crippen molar-refractivity contribution in [3.05, 3.63) is 117 Å². The summed E-state index contributed by atoms with van der Waals surface area (Å²) in [6.45, 7) is 37.1. The van der Waals surface area contributed by atoms with E-state index in [9.17, 15) is 0 Å². The predicted octanol–water partition coefficient (Wildman–Crippen LogP) is 11.5. The van der Waals surface area contributed by atoms with Crippen LogP contribution in [-0.2, 0) is 1.41 Å². The topological polar surface area (TPSA) is 40.7 Å². The van der Waals surface area contributed by atoms with E-state index >= 15 is 0 Å². The SMILES string of the molecule is CC(C)c1cc(C(C)C)c[c]([Sn]([O][Sn]([Cl])([c]2cc(C(C)C)cc(C(C)C)c2)[c]2cc(C(C)C)cc(C(C)C)c2)[c]2cc(C(C)C)cc(C(C)C)c2)c1.O. The number of benzene rings is 4. The van der Waals surface area contributed by atoms with Crippen molar-refractivity contribution in [3.8, 4) is 0 Å². The second kappa shape index (κ2) is 19.2. The molecule has 0 spiro atoms. The van der Waals surface area contributed by atoms with Crippen LogP contribution in [-0.4, -0.2) is 43.3 Å². The van der Waals surface area contributed by atoms with Crippen molar-refractivity contribution < 1.29 is 6.89 Å². The molecule has 53 heavy (non-hydrogen) atoms. The Morgan fingerprint density at radius 1 is 0.358 bits per heavy atom. The number of halogens is 1. The molecule has 0 heterocycles. The van der Waals surface area contributed by atoms with Gasteiger partial charge in [-0.1, -0.05) is 0 Å². The van der Waals surface area contributed by atoms with Crippen molar-refractivity contribution in [3.63, 3.8) is 0 Å². The van der Waals surface area contributed by atoms with E-state index in [2.05, 4.69) is 184 Å². The summed E-state index contributed by atoms with van der Waals surface area (Å²) in [5.41, 5.74) is 11.0. The van der Waals surface area contributed by atoms with Crippen molar-refractivity contribution in [1.82, 2.24) is 0 Å². The van der Waals surface area contributed by atoms with Crippen molar-refractivity contribution in [1.29, 1.82) is 0 Å². The standard InChI is InChI=1S/4C12H17.ClH.H2O.O.2Sn/c4*1-9(2)11-6-5-7-12(8-11)10(3)4;;;;;/h4*6-10H,1-4H3;1H;1H2;;;/q;;;;;;;;+1/p-1. The van der Waals surface area contributed by atoms with Gasteiger partial charge in [-0.05, 0) is 0 Å². The zero-order valence-electron chi connectivity index (χ0n) is 35.8. The van der Waals surface area contributed by atoms with Crippen LogP contribution in [0.5, 0.6) is 0 Å². The molecule has 0 bridgehead atoms. The number of rotatable bonds is 14. The zero-order valence-corrected chi connectivity index (χ0v) is 42.3. The molecule has 0 saturated carbocycles. The zero-order chi connectivity index (χ0) is 38.8. The summed E-state index contributed by atoms with van der Waals surface area (Å²) in [5.74, 6) is 3.26. The van der Waals surface area contributed by atoms with Crippen LogP contribution in [0.2, 0.25) is 0 Å². The summed E-state index contributed by atoms with van der Waals surface area (Å²) in [7, 11) is 8.64. The minimum absolute atomic E-state index is 0. The normalized spacial score (nSPS) is 12.6. The monoisotopic (exact) mass is 953 g/mol. The molecule has 2 nitrogen and oxygen atoms in total. The molecule has 0 unspecified atom stereocenters. The van der Waals surface area contributed by atoms with Gasteiger partial charge in [0.15, 0.2) is 0 Å². The Labute approximate surface area is 340 Å². The molecule has 289 valence electrons. The van der Waals surface area contributed by atoms with Crippen LogP contribution in [0.15, 0.2) is 72.8 Å². The molecule has 0 fully saturated rings. The van der Waals surface area contributed by atoms with Crippen LogP contribution >= 0.6 is 8.92 Å². The molecule has 0 aromatic heterocycles. The van der Waals surface area contributed by atoms with Gasteiger partial charge < -0.3 is 5.48 Å². The largest absolute Gasteiger partial charge is 0.412 e. The molecule has 0 aliphatic heterocycles. The average molecular weight is 952 g/mol. The molecule has 4 aromatic carbocycles. The van der Waals surface area contributed by atoms with Gasteiger partial charge >= 0.3 is 338 Å². The Kier molecular flexibility index (Phi) is 16.7. The maximum Gasteiger partial charge on any atom is -0.412 e. The minimum atomic E-state index is -4.47. The molecule has 0 amide bonds. The first-order valence-corrected chi connectivity index (χ1v) is 31.7. The Morgan fingerprint density at radius 2 is 0.547 bits per heavy atom. The fraction of sp³-hybridized carbons (Fsp3) is 0.500. The third-order valence-electron chi connectivity index (χ3n) is 10.8. The molecule has 0 saturated heterocycles. The second-order valence-corrected chi connectivity index (χ2v) is 37.7. The van der Waals surface area contributed by atoms with E-state index in [0.29, 0.717) is 47.3 Å². The van der Waals surface area contributed by atoms with Crippen molar-refractivity contribution in [2.24, 2.45) is 0 Å². The molecule has 0 aliphatic carbocycles. The molecule has 4 rings (SSSR count). The Hall–Kier alpha value is -1.31. The van der Waals surface area contributed by atoms with E-state index in [1.807, 2.05) is 0 Å². The average Bonchev–Trinajstić information content (AvgIpc) is 3.09. The first-order valence-electron chi connectivity index (χ1n) is 20.1. The van der Waals surface area contributed by atoms with Crippen LogP contribution < -0.4 is 14.3 Å². The molecule has 0 atom stereocenters. The van der Waals surface area contributed by atoms with Gasteiger partial charge in [-0.2, -0.15) is 0 Å². The van der Waals surface area contributed by atoms with Crippen LogP contribution in [0.4, 0.5) is 0 Å².